The van der Waals surface area contributed by atoms with Crippen molar-refractivity contribution in [3.63, 3.8) is 0 Å². The highest BCUT2D eigenvalue weighted by Gasteiger charge is 2.29. The Balaban J connectivity index is 2.04. The summed E-state index contributed by atoms with van der Waals surface area (Å²) in [6.07, 6.45) is -1.25. The van der Waals surface area contributed by atoms with E-state index < -0.39 is 23.5 Å². The minimum absolute atomic E-state index is 0.229. The number of hydrogen-bond acceptors (Lipinski definition) is 4. The van der Waals surface area contributed by atoms with Gasteiger partial charge < -0.3 is 10.2 Å². The molecule has 0 radical (unpaired) electrons. The van der Waals surface area contributed by atoms with Gasteiger partial charge in [-0.15, -0.1) is 0 Å². The van der Waals surface area contributed by atoms with Gasteiger partial charge in [-0.25, -0.2) is 14.8 Å². The first-order chi connectivity index (χ1) is 11.3. The van der Waals surface area contributed by atoms with Crippen LogP contribution in [0.5, 0.6) is 0 Å². The summed E-state index contributed by atoms with van der Waals surface area (Å²) in [7, 11) is 0. The van der Waals surface area contributed by atoms with Gasteiger partial charge in [-0.3, -0.25) is 0 Å². The molecule has 1 aromatic heterocycles. The Bertz CT molecular complexity index is 756. The number of halogens is 3. The summed E-state index contributed by atoms with van der Waals surface area (Å²) in [6, 6.07) is 6.36. The number of aromatic nitrogens is 2. The van der Waals surface area contributed by atoms with Crippen molar-refractivity contribution < 1.29 is 28.2 Å². The molecule has 0 unspecified atom stereocenters. The molecule has 0 saturated carbocycles. The zero-order valence-electron chi connectivity index (χ0n) is 12.3. The SMILES string of the molecule is O=C(O)/C(O)=C/c1cc(CCc2ccc(C(F)(F)F)cc2)ncn1. The van der Waals surface area contributed by atoms with E-state index in [1.807, 2.05) is 0 Å². The molecule has 0 aliphatic rings. The van der Waals surface area contributed by atoms with E-state index in [1.54, 1.807) is 0 Å². The Hall–Kier alpha value is -2.90. The fourth-order valence-corrected chi connectivity index (χ4v) is 1.97. The van der Waals surface area contributed by atoms with Crippen molar-refractivity contribution in [1.29, 1.82) is 0 Å². The molecule has 0 atom stereocenters. The molecule has 2 aromatic rings. The van der Waals surface area contributed by atoms with Crippen LogP contribution in [0.3, 0.4) is 0 Å². The first kappa shape index (κ1) is 17.5. The largest absolute Gasteiger partial charge is 0.502 e. The van der Waals surface area contributed by atoms with Crippen molar-refractivity contribution in [2.24, 2.45) is 0 Å². The van der Waals surface area contributed by atoms with Crippen LogP contribution in [-0.4, -0.2) is 26.2 Å². The number of aliphatic hydroxyl groups is 1. The zero-order chi connectivity index (χ0) is 17.7. The van der Waals surface area contributed by atoms with Gasteiger partial charge in [0.1, 0.15) is 6.33 Å². The smallest absolute Gasteiger partial charge is 0.416 e. The Labute approximate surface area is 135 Å². The Morgan fingerprint density at radius 1 is 1.08 bits per heavy atom. The summed E-state index contributed by atoms with van der Waals surface area (Å²) in [6.45, 7) is 0. The third kappa shape index (κ3) is 4.80. The molecule has 0 bridgehead atoms. The summed E-state index contributed by atoms with van der Waals surface area (Å²) in [4.78, 5) is 18.4. The molecule has 8 heteroatoms. The van der Waals surface area contributed by atoms with Gasteiger partial charge >= 0.3 is 12.1 Å². The maximum Gasteiger partial charge on any atom is 0.416 e. The number of aryl methyl sites for hydroxylation is 2. The first-order valence-corrected chi connectivity index (χ1v) is 6.87. The molecular formula is C16H13F3N2O3. The van der Waals surface area contributed by atoms with Gasteiger partial charge in [0.15, 0.2) is 0 Å². The van der Waals surface area contributed by atoms with Crippen molar-refractivity contribution in [3.8, 4) is 0 Å². The summed E-state index contributed by atoms with van der Waals surface area (Å²) >= 11 is 0. The van der Waals surface area contributed by atoms with Gasteiger partial charge in [0.25, 0.3) is 0 Å². The maximum absolute atomic E-state index is 12.5. The number of rotatable bonds is 5. The number of carbonyl (C=O) groups is 1. The fourth-order valence-electron chi connectivity index (χ4n) is 1.97. The second kappa shape index (κ2) is 7.12. The van der Waals surface area contributed by atoms with Crippen molar-refractivity contribution >= 4 is 12.0 Å². The molecule has 0 fully saturated rings. The normalized spacial score (nSPS) is 12.2. The van der Waals surface area contributed by atoms with E-state index in [9.17, 15) is 23.1 Å². The number of alkyl halides is 3. The van der Waals surface area contributed by atoms with Gasteiger partial charge in [0, 0.05) is 11.8 Å². The molecule has 0 amide bonds. The van der Waals surface area contributed by atoms with Gasteiger partial charge in [-0.2, -0.15) is 13.2 Å². The molecule has 1 heterocycles. The molecule has 1 aromatic carbocycles. The van der Waals surface area contributed by atoms with Crippen LogP contribution in [0.2, 0.25) is 0 Å². The van der Waals surface area contributed by atoms with Crippen molar-refractivity contribution in [2.75, 3.05) is 0 Å². The molecule has 5 nitrogen and oxygen atoms in total. The molecule has 0 saturated heterocycles. The van der Waals surface area contributed by atoms with Gasteiger partial charge in [0.05, 0.1) is 11.3 Å². The lowest BCUT2D eigenvalue weighted by molar-refractivity contribution is -0.137. The number of carboxylic acid groups (broad SMARTS) is 1. The number of hydrogen-bond donors (Lipinski definition) is 2. The lowest BCUT2D eigenvalue weighted by Gasteiger charge is -2.07. The summed E-state index contributed by atoms with van der Waals surface area (Å²) < 4.78 is 37.5. The van der Waals surface area contributed by atoms with Crippen LogP contribution in [-0.2, 0) is 23.8 Å². The summed E-state index contributed by atoms with van der Waals surface area (Å²) in [5.41, 5.74) is 0.818. The lowest BCUT2D eigenvalue weighted by Crippen LogP contribution is -2.04. The van der Waals surface area contributed by atoms with Crippen LogP contribution in [0.4, 0.5) is 13.2 Å². The molecule has 0 aliphatic carbocycles. The predicted molar refractivity (Wildman–Crippen MR) is 79.1 cm³/mol. The minimum Gasteiger partial charge on any atom is -0.502 e. The van der Waals surface area contributed by atoms with Crippen LogP contribution >= 0.6 is 0 Å². The molecule has 2 N–H and O–H groups in total. The third-order valence-electron chi connectivity index (χ3n) is 3.20. The molecule has 126 valence electrons. The van der Waals surface area contributed by atoms with E-state index >= 15 is 0 Å². The average molecular weight is 338 g/mol. The van der Waals surface area contributed by atoms with Gasteiger partial charge in [-0.1, -0.05) is 12.1 Å². The monoisotopic (exact) mass is 338 g/mol. The van der Waals surface area contributed by atoms with Gasteiger partial charge in [0.2, 0.25) is 5.76 Å². The molecule has 2 rings (SSSR count). The number of aliphatic hydroxyl groups excluding tert-OH is 1. The second-order valence-corrected chi connectivity index (χ2v) is 4.96. The van der Waals surface area contributed by atoms with Gasteiger partial charge in [-0.05, 0) is 36.6 Å². The number of aliphatic carboxylic acids is 1. The summed E-state index contributed by atoms with van der Waals surface area (Å²) in [5, 5.41) is 17.8. The molecule has 0 spiro atoms. The first-order valence-electron chi connectivity index (χ1n) is 6.87. The number of nitrogens with zero attached hydrogens (tertiary/aromatic N) is 2. The van der Waals surface area contributed by atoms with E-state index in [2.05, 4.69) is 9.97 Å². The molecule has 24 heavy (non-hydrogen) atoms. The highest BCUT2D eigenvalue weighted by atomic mass is 19.4. The van der Waals surface area contributed by atoms with Crippen LogP contribution in [0.1, 0.15) is 22.5 Å². The molecule has 0 aliphatic heterocycles. The van der Waals surface area contributed by atoms with Crippen molar-refractivity contribution in [3.05, 3.63) is 64.9 Å². The predicted octanol–water partition coefficient (Wildman–Crippen LogP) is 3.26. The van der Waals surface area contributed by atoms with E-state index in [4.69, 9.17) is 5.11 Å². The standard InChI is InChI=1S/C16H13F3N2O3/c17-16(18,19)11-4-1-10(2-5-11)3-6-12-7-13(21-9-20-12)8-14(22)15(23)24/h1-2,4-5,7-9,22H,3,6H2,(H,23,24)/b14-8-. The zero-order valence-corrected chi connectivity index (χ0v) is 12.3. The Kier molecular flexibility index (Phi) is 5.18. The highest BCUT2D eigenvalue weighted by molar-refractivity contribution is 5.88. The Morgan fingerprint density at radius 3 is 2.33 bits per heavy atom. The average Bonchev–Trinajstić information content (AvgIpc) is 2.53. The van der Waals surface area contributed by atoms with E-state index in [1.165, 1.54) is 24.5 Å². The van der Waals surface area contributed by atoms with E-state index in [0.29, 0.717) is 24.1 Å². The topological polar surface area (TPSA) is 83.3 Å². The van der Waals surface area contributed by atoms with Crippen molar-refractivity contribution in [1.82, 2.24) is 9.97 Å². The van der Waals surface area contributed by atoms with Crippen LogP contribution in [0, 0.1) is 0 Å². The Morgan fingerprint density at radius 2 is 1.75 bits per heavy atom. The lowest BCUT2D eigenvalue weighted by atomic mass is 10.1. The van der Waals surface area contributed by atoms with Crippen LogP contribution in [0.15, 0.2) is 42.4 Å². The van der Waals surface area contributed by atoms with E-state index in [0.717, 1.165) is 18.2 Å². The molecular weight excluding hydrogens is 325 g/mol. The number of carboxylic acids is 1. The van der Waals surface area contributed by atoms with Crippen LogP contribution in [0.25, 0.3) is 6.08 Å². The fraction of sp³-hybridized carbons (Fsp3) is 0.188. The third-order valence-corrected chi connectivity index (χ3v) is 3.20. The highest BCUT2D eigenvalue weighted by Crippen LogP contribution is 2.29. The van der Waals surface area contributed by atoms with E-state index in [-0.39, 0.29) is 5.69 Å². The van der Waals surface area contributed by atoms with Crippen molar-refractivity contribution in [2.45, 2.75) is 19.0 Å². The quantitative estimate of drug-likeness (QED) is 0.646. The second-order valence-electron chi connectivity index (χ2n) is 4.96. The maximum atomic E-state index is 12.5. The number of benzene rings is 1. The minimum atomic E-state index is -4.36. The van der Waals surface area contributed by atoms with Crippen LogP contribution < -0.4 is 0 Å². The summed E-state index contributed by atoms with van der Waals surface area (Å²) in [5.74, 6) is -2.32.